The second-order valence-electron chi connectivity index (χ2n) is 14.4. The Morgan fingerprint density at radius 3 is 2.56 bits per heavy atom. The summed E-state index contributed by atoms with van der Waals surface area (Å²) in [5.74, 6) is -1.20. The van der Waals surface area contributed by atoms with Gasteiger partial charge < -0.3 is 19.9 Å². The average molecular weight is 748 g/mol. The molecule has 2 fully saturated rings. The number of ether oxygens (including phenoxy) is 1. The van der Waals surface area contributed by atoms with Gasteiger partial charge in [-0.25, -0.2) is 18.7 Å². The van der Waals surface area contributed by atoms with Gasteiger partial charge in [-0.3, -0.25) is 14.4 Å². The van der Waals surface area contributed by atoms with Gasteiger partial charge in [-0.05, 0) is 110 Å². The van der Waals surface area contributed by atoms with E-state index < -0.39 is 17.5 Å². The zero-order valence-corrected chi connectivity index (χ0v) is 30.7. The van der Waals surface area contributed by atoms with Crippen molar-refractivity contribution < 1.29 is 27.9 Å². The molecule has 0 atom stereocenters. The number of hydrogen-bond donors (Lipinski definition) is 1. The van der Waals surface area contributed by atoms with Gasteiger partial charge in [-0.2, -0.15) is 0 Å². The van der Waals surface area contributed by atoms with Gasteiger partial charge in [0.2, 0.25) is 0 Å². The largest absolute Gasteiger partial charge is 0.381 e. The number of halogens is 2. The quantitative estimate of drug-likeness (QED) is 0.152. The molecule has 2 aromatic carbocycles. The number of nitrogens with one attached hydrogen (secondary N) is 1. The van der Waals surface area contributed by atoms with Crippen LogP contribution in [0, 0.1) is 24.0 Å². The molecule has 0 aliphatic carbocycles. The third kappa shape index (κ3) is 7.15. The van der Waals surface area contributed by atoms with Crippen molar-refractivity contribution in [1.82, 2.24) is 9.97 Å². The number of amides is 2. The Morgan fingerprint density at radius 2 is 1.78 bits per heavy atom. The third-order valence-electron chi connectivity index (χ3n) is 10.6. The van der Waals surface area contributed by atoms with Crippen LogP contribution in [0.5, 0.6) is 0 Å². The highest BCUT2D eigenvalue weighted by atomic mass is 32.1. The summed E-state index contributed by atoms with van der Waals surface area (Å²) in [4.78, 5) is 54.0. The van der Waals surface area contributed by atoms with Crippen molar-refractivity contribution in [3.63, 3.8) is 0 Å². The number of carbonyl (C=O) groups is 3. The lowest BCUT2D eigenvalue weighted by atomic mass is 9.73. The van der Waals surface area contributed by atoms with E-state index in [0.29, 0.717) is 52.9 Å². The molecule has 54 heavy (non-hydrogen) atoms. The molecular weight excluding hydrogens is 709 g/mol. The Labute approximate surface area is 316 Å². The highest BCUT2D eigenvalue weighted by molar-refractivity contribution is 7.17. The third-order valence-corrected chi connectivity index (χ3v) is 11.9. The molecule has 8 rings (SSSR count). The maximum Gasteiger partial charge on any atom is 0.266 e. The van der Waals surface area contributed by atoms with Gasteiger partial charge in [0.1, 0.15) is 11.6 Å². The van der Waals surface area contributed by atoms with Gasteiger partial charge in [0.15, 0.2) is 17.4 Å². The predicted octanol–water partition coefficient (Wildman–Crippen LogP) is 8.07. The molecule has 9 nitrogen and oxygen atoms in total. The fourth-order valence-electron chi connectivity index (χ4n) is 7.70. The van der Waals surface area contributed by atoms with Crippen LogP contribution in [0.4, 0.5) is 26.1 Å². The van der Waals surface area contributed by atoms with Crippen molar-refractivity contribution in [1.29, 1.82) is 0 Å². The molecule has 2 saturated heterocycles. The zero-order chi connectivity index (χ0) is 37.4. The number of rotatable bonds is 9. The van der Waals surface area contributed by atoms with Crippen LogP contribution in [-0.2, 0) is 17.6 Å². The first-order chi connectivity index (χ1) is 26.2. The molecule has 2 amide bonds. The second kappa shape index (κ2) is 14.8. The average Bonchev–Trinajstić information content (AvgIpc) is 3.53. The van der Waals surface area contributed by atoms with E-state index in [1.54, 1.807) is 29.2 Å². The number of nitrogens with zero attached hydrogens (tertiary/aromatic N) is 4. The lowest BCUT2D eigenvalue weighted by Crippen LogP contribution is -2.59. The van der Waals surface area contributed by atoms with Gasteiger partial charge in [0.05, 0.1) is 16.1 Å². The number of anilines is 3. The van der Waals surface area contributed by atoms with Crippen molar-refractivity contribution in [2.24, 2.45) is 5.41 Å². The van der Waals surface area contributed by atoms with E-state index in [2.05, 4.69) is 20.2 Å². The molecule has 5 aromatic rings. The van der Waals surface area contributed by atoms with Crippen LogP contribution in [-0.4, -0.2) is 60.4 Å². The first kappa shape index (κ1) is 35.7. The number of carbonyl (C=O) groups excluding carboxylic acids is 3. The van der Waals surface area contributed by atoms with E-state index in [9.17, 15) is 23.2 Å². The molecule has 1 N–H and O–H groups in total. The van der Waals surface area contributed by atoms with Gasteiger partial charge in [-0.15, -0.1) is 11.3 Å². The molecule has 12 heteroatoms. The molecule has 1 spiro atoms. The van der Waals surface area contributed by atoms with E-state index in [1.165, 1.54) is 41.8 Å². The molecule has 276 valence electrons. The maximum atomic E-state index is 14.7. The van der Waals surface area contributed by atoms with Crippen LogP contribution in [0.15, 0.2) is 79.1 Å². The Kier molecular flexibility index (Phi) is 9.80. The van der Waals surface area contributed by atoms with Crippen molar-refractivity contribution in [2.45, 2.75) is 45.4 Å². The van der Waals surface area contributed by atoms with E-state index in [0.717, 1.165) is 66.5 Å². The summed E-state index contributed by atoms with van der Waals surface area (Å²) in [5.41, 5.74) is 5.26. The Balaban J connectivity index is 0.921. The number of pyridine rings is 2. The van der Waals surface area contributed by atoms with Crippen LogP contribution in [0.2, 0.25) is 0 Å². The van der Waals surface area contributed by atoms with Crippen LogP contribution >= 0.6 is 11.3 Å². The summed E-state index contributed by atoms with van der Waals surface area (Å²) in [7, 11) is 0. The number of aryl methyl sites for hydroxylation is 2. The van der Waals surface area contributed by atoms with E-state index in [1.807, 2.05) is 31.3 Å². The summed E-state index contributed by atoms with van der Waals surface area (Å²) >= 11 is 1.20. The summed E-state index contributed by atoms with van der Waals surface area (Å²) < 4.78 is 34.4. The first-order valence-electron chi connectivity index (χ1n) is 18.2. The van der Waals surface area contributed by atoms with Crippen LogP contribution in [0.3, 0.4) is 0 Å². The summed E-state index contributed by atoms with van der Waals surface area (Å²) in [6.07, 6.45) is 7.45. The fraction of sp³-hybridized carbons (Fsp3) is 0.310. The molecule has 3 aliphatic heterocycles. The molecule has 6 heterocycles. The molecule has 3 aliphatic rings. The summed E-state index contributed by atoms with van der Waals surface area (Å²) in [6.45, 7) is 5.62. The predicted molar refractivity (Wildman–Crippen MR) is 205 cm³/mol. The summed E-state index contributed by atoms with van der Waals surface area (Å²) in [5, 5.41) is 2.52. The highest BCUT2D eigenvalue weighted by Crippen LogP contribution is 2.44. The van der Waals surface area contributed by atoms with Gasteiger partial charge >= 0.3 is 0 Å². The molecule has 0 unspecified atom stereocenters. The number of thiophene rings is 1. The van der Waals surface area contributed by atoms with Crippen molar-refractivity contribution in [2.75, 3.05) is 48.0 Å². The Bertz CT molecular complexity index is 2240. The molecule has 3 aromatic heterocycles. The maximum absolute atomic E-state index is 14.7. The number of Topliss-reactive ketones (excluding diaryl/α,β-unsaturated/α-hetero) is 1. The number of hydrogen-bond acceptors (Lipinski definition) is 8. The number of fused-ring (bicyclic) bond motifs is 3. The van der Waals surface area contributed by atoms with Gasteiger partial charge in [0.25, 0.3) is 11.8 Å². The van der Waals surface area contributed by atoms with Gasteiger partial charge in [0, 0.05) is 73.1 Å². The Morgan fingerprint density at radius 1 is 0.981 bits per heavy atom. The number of benzene rings is 2. The topological polar surface area (TPSA) is 105 Å². The lowest BCUT2D eigenvalue weighted by Gasteiger charge is -2.53. The number of ketones is 1. The second-order valence-corrected chi connectivity index (χ2v) is 15.5. The van der Waals surface area contributed by atoms with E-state index >= 15 is 0 Å². The smallest absolute Gasteiger partial charge is 0.266 e. The zero-order valence-electron chi connectivity index (χ0n) is 29.9. The lowest BCUT2D eigenvalue weighted by molar-refractivity contribution is -0.000516. The SMILES string of the molecule is Cc1cnc(N2CC3(CCOCC3)C2)c(C(=O)CCCc2ccc(C(=O)N3CCc4cc(C(=O)Nc5ncccc5F)sc4-c4ccc(F)cc43)cc2)c1. The monoisotopic (exact) mass is 747 g/mol. The van der Waals surface area contributed by atoms with Crippen LogP contribution < -0.4 is 15.1 Å². The minimum Gasteiger partial charge on any atom is -0.381 e. The van der Waals surface area contributed by atoms with Crippen molar-refractivity contribution in [3.8, 4) is 10.4 Å². The minimum absolute atomic E-state index is 0.0800. The molecular formula is C42H39F2N5O4S. The summed E-state index contributed by atoms with van der Waals surface area (Å²) in [6, 6.07) is 18.0. The number of aromatic nitrogens is 2. The fourth-order valence-corrected chi connectivity index (χ4v) is 8.83. The molecule has 0 radical (unpaired) electrons. The van der Waals surface area contributed by atoms with E-state index in [4.69, 9.17) is 4.74 Å². The van der Waals surface area contributed by atoms with Crippen LogP contribution in [0.1, 0.15) is 72.8 Å². The highest BCUT2D eigenvalue weighted by Gasteiger charge is 2.45. The van der Waals surface area contributed by atoms with Gasteiger partial charge in [-0.1, -0.05) is 12.1 Å². The van der Waals surface area contributed by atoms with Crippen molar-refractivity contribution >= 4 is 46.3 Å². The molecule has 0 saturated carbocycles. The van der Waals surface area contributed by atoms with E-state index in [-0.39, 0.29) is 29.5 Å². The first-order valence-corrected chi connectivity index (χ1v) is 19.1. The Hall–Kier alpha value is -5.33. The van der Waals surface area contributed by atoms with Crippen molar-refractivity contribution in [3.05, 3.63) is 123 Å². The standard InChI is InChI=1S/C42H39F2N5O4S/c1-26-20-32(39(46-23-26)48-24-42(25-48)14-18-53-19-15-42)35(50)6-2-4-27-7-9-28(10-8-27)41(52)49-17-13-29-21-36(40(51)47-38-33(44)5-3-16-45-38)54-37(29)31-12-11-30(43)22-34(31)49/h3,5,7-12,16,20-23H,2,4,6,13-15,17-19,24-25H2,1H3,(H,45,47,51). The van der Waals surface area contributed by atoms with Crippen LogP contribution in [0.25, 0.3) is 10.4 Å². The molecule has 0 bridgehead atoms. The normalized spacial score (nSPS) is 15.9. The minimum atomic E-state index is -0.641.